The Balaban J connectivity index is 1.36. The van der Waals surface area contributed by atoms with E-state index in [4.69, 9.17) is 0 Å². The molecular formula is C23H28N4O2. The molecule has 2 fully saturated rings. The number of amides is 2. The van der Waals surface area contributed by atoms with Crippen LogP contribution in [0.2, 0.25) is 0 Å². The van der Waals surface area contributed by atoms with E-state index in [0.717, 1.165) is 31.6 Å². The first-order valence-corrected chi connectivity index (χ1v) is 10.4. The van der Waals surface area contributed by atoms with Crippen LogP contribution in [0.25, 0.3) is 0 Å². The minimum atomic E-state index is -0.232. The predicted octanol–water partition coefficient (Wildman–Crippen LogP) is 2.48. The van der Waals surface area contributed by atoms with Crippen LogP contribution in [-0.2, 0) is 16.1 Å². The fraction of sp³-hybridized carbons (Fsp3) is 0.435. The SMILES string of the molecule is Cc1ccccc1N1CCCN(C(=O)C2CC(=O)N(Cc3cccnc3)C2)CC1. The van der Waals surface area contributed by atoms with Crippen LogP contribution in [0.5, 0.6) is 0 Å². The molecule has 0 radical (unpaired) electrons. The van der Waals surface area contributed by atoms with E-state index in [2.05, 4.69) is 41.1 Å². The highest BCUT2D eigenvalue weighted by molar-refractivity contribution is 5.89. The monoisotopic (exact) mass is 392 g/mol. The molecule has 2 aliphatic rings. The van der Waals surface area contributed by atoms with Gasteiger partial charge in [0.15, 0.2) is 0 Å². The van der Waals surface area contributed by atoms with Crippen molar-refractivity contribution in [1.82, 2.24) is 14.8 Å². The van der Waals surface area contributed by atoms with Gasteiger partial charge in [0.05, 0.1) is 5.92 Å². The first kappa shape index (κ1) is 19.4. The number of carbonyl (C=O) groups excluding carboxylic acids is 2. The number of likely N-dealkylation sites (tertiary alicyclic amines) is 1. The van der Waals surface area contributed by atoms with Gasteiger partial charge in [0, 0.05) is 63.8 Å². The quantitative estimate of drug-likeness (QED) is 0.802. The first-order valence-electron chi connectivity index (χ1n) is 10.4. The number of rotatable bonds is 4. The lowest BCUT2D eigenvalue weighted by Crippen LogP contribution is -2.40. The van der Waals surface area contributed by atoms with Gasteiger partial charge in [-0.25, -0.2) is 0 Å². The molecule has 2 aliphatic heterocycles. The summed E-state index contributed by atoms with van der Waals surface area (Å²) in [5, 5.41) is 0. The maximum Gasteiger partial charge on any atom is 0.228 e. The van der Waals surface area contributed by atoms with Crippen LogP contribution in [-0.4, -0.2) is 59.3 Å². The van der Waals surface area contributed by atoms with Crippen LogP contribution in [0.3, 0.4) is 0 Å². The number of aryl methyl sites for hydroxylation is 1. The third-order valence-electron chi connectivity index (χ3n) is 5.92. The lowest BCUT2D eigenvalue weighted by molar-refractivity contribution is -0.135. The molecular weight excluding hydrogens is 364 g/mol. The molecule has 3 heterocycles. The number of pyridine rings is 1. The Morgan fingerprint density at radius 2 is 1.97 bits per heavy atom. The molecule has 1 aromatic heterocycles. The second kappa shape index (κ2) is 8.64. The van der Waals surface area contributed by atoms with Crippen LogP contribution in [0.15, 0.2) is 48.8 Å². The number of para-hydroxylation sites is 1. The molecule has 6 heteroatoms. The third kappa shape index (κ3) is 4.42. The number of anilines is 1. The summed E-state index contributed by atoms with van der Waals surface area (Å²) >= 11 is 0. The molecule has 1 unspecified atom stereocenters. The molecule has 6 nitrogen and oxygen atoms in total. The Hall–Kier alpha value is -2.89. The molecule has 0 spiro atoms. The summed E-state index contributed by atoms with van der Waals surface area (Å²) in [5.41, 5.74) is 3.51. The molecule has 1 atom stereocenters. The average molecular weight is 393 g/mol. The third-order valence-corrected chi connectivity index (χ3v) is 5.92. The molecule has 0 N–H and O–H groups in total. The van der Waals surface area contributed by atoms with E-state index in [0.29, 0.717) is 26.1 Å². The summed E-state index contributed by atoms with van der Waals surface area (Å²) < 4.78 is 0. The fourth-order valence-corrected chi connectivity index (χ4v) is 4.36. The van der Waals surface area contributed by atoms with Crippen molar-refractivity contribution in [2.24, 2.45) is 5.92 Å². The summed E-state index contributed by atoms with van der Waals surface area (Å²) in [7, 11) is 0. The highest BCUT2D eigenvalue weighted by Gasteiger charge is 2.36. The Labute approximate surface area is 172 Å². The van der Waals surface area contributed by atoms with Crippen LogP contribution in [0, 0.1) is 12.8 Å². The summed E-state index contributed by atoms with van der Waals surface area (Å²) in [6.45, 7) is 6.41. The second-order valence-corrected chi connectivity index (χ2v) is 7.99. The zero-order valence-corrected chi connectivity index (χ0v) is 17.0. The van der Waals surface area contributed by atoms with Gasteiger partial charge in [-0.15, -0.1) is 0 Å². The summed E-state index contributed by atoms with van der Waals surface area (Å²) in [4.78, 5) is 35.8. The van der Waals surface area contributed by atoms with Crippen molar-refractivity contribution in [2.75, 3.05) is 37.6 Å². The van der Waals surface area contributed by atoms with Gasteiger partial charge >= 0.3 is 0 Å². The van der Waals surface area contributed by atoms with E-state index < -0.39 is 0 Å². The van der Waals surface area contributed by atoms with Crippen molar-refractivity contribution in [2.45, 2.75) is 26.3 Å². The maximum absolute atomic E-state index is 13.1. The minimum Gasteiger partial charge on any atom is -0.369 e. The summed E-state index contributed by atoms with van der Waals surface area (Å²) in [5.74, 6) is -0.0496. The predicted molar refractivity (Wildman–Crippen MR) is 112 cm³/mol. The number of aromatic nitrogens is 1. The normalized spacial score (nSPS) is 20.1. The molecule has 152 valence electrons. The van der Waals surface area contributed by atoms with E-state index in [9.17, 15) is 9.59 Å². The molecule has 0 saturated carbocycles. The molecule has 2 amide bonds. The van der Waals surface area contributed by atoms with Crippen molar-refractivity contribution in [3.8, 4) is 0 Å². The number of benzene rings is 1. The van der Waals surface area contributed by atoms with Crippen molar-refractivity contribution in [3.05, 3.63) is 59.9 Å². The van der Waals surface area contributed by atoms with Gasteiger partial charge in [0.2, 0.25) is 11.8 Å². The lowest BCUT2D eigenvalue weighted by Gasteiger charge is -2.26. The van der Waals surface area contributed by atoms with Gasteiger partial charge in [-0.1, -0.05) is 24.3 Å². The van der Waals surface area contributed by atoms with Gasteiger partial charge in [-0.3, -0.25) is 14.6 Å². The van der Waals surface area contributed by atoms with Crippen molar-refractivity contribution >= 4 is 17.5 Å². The Bertz CT molecular complexity index is 870. The summed E-state index contributed by atoms with van der Waals surface area (Å²) in [6, 6.07) is 12.2. The molecule has 2 aromatic rings. The zero-order valence-electron chi connectivity index (χ0n) is 17.0. The van der Waals surface area contributed by atoms with E-state index >= 15 is 0 Å². The number of nitrogens with zero attached hydrogens (tertiary/aromatic N) is 4. The lowest BCUT2D eigenvalue weighted by atomic mass is 10.1. The minimum absolute atomic E-state index is 0.0589. The van der Waals surface area contributed by atoms with Gasteiger partial charge in [-0.2, -0.15) is 0 Å². The van der Waals surface area contributed by atoms with Crippen LogP contribution >= 0.6 is 0 Å². The topological polar surface area (TPSA) is 56.8 Å². The van der Waals surface area contributed by atoms with Crippen LogP contribution < -0.4 is 4.90 Å². The fourth-order valence-electron chi connectivity index (χ4n) is 4.36. The summed E-state index contributed by atoms with van der Waals surface area (Å²) in [6.07, 6.45) is 4.76. The molecule has 29 heavy (non-hydrogen) atoms. The molecule has 4 rings (SSSR count). The highest BCUT2D eigenvalue weighted by Crippen LogP contribution is 2.24. The van der Waals surface area contributed by atoms with Crippen LogP contribution in [0.4, 0.5) is 5.69 Å². The Morgan fingerprint density at radius 3 is 2.76 bits per heavy atom. The molecule has 0 aliphatic carbocycles. The van der Waals surface area contributed by atoms with E-state index in [1.807, 2.05) is 17.0 Å². The van der Waals surface area contributed by atoms with Gasteiger partial charge in [-0.05, 0) is 36.6 Å². The van der Waals surface area contributed by atoms with Gasteiger partial charge in [0.25, 0.3) is 0 Å². The highest BCUT2D eigenvalue weighted by atomic mass is 16.2. The number of carbonyl (C=O) groups is 2. The van der Waals surface area contributed by atoms with E-state index in [-0.39, 0.29) is 17.7 Å². The van der Waals surface area contributed by atoms with Crippen molar-refractivity contribution in [1.29, 1.82) is 0 Å². The zero-order chi connectivity index (χ0) is 20.2. The van der Waals surface area contributed by atoms with Gasteiger partial charge < -0.3 is 14.7 Å². The Morgan fingerprint density at radius 1 is 1.10 bits per heavy atom. The van der Waals surface area contributed by atoms with E-state index in [1.54, 1.807) is 17.3 Å². The first-order chi connectivity index (χ1) is 14.1. The number of hydrogen-bond donors (Lipinski definition) is 0. The maximum atomic E-state index is 13.1. The van der Waals surface area contributed by atoms with Gasteiger partial charge in [0.1, 0.15) is 0 Å². The van der Waals surface area contributed by atoms with E-state index in [1.165, 1.54) is 11.3 Å². The molecule has 0 bridgehead atoms. The molecule has 1 aromatic carbocycles. The average Bonchev–Trinajstić information content (AvgIpc) is 2.94. The Kier molecular flexibility index (Phi) is 5.79. The smallest absolute Gasteiger partial charge is 0.228 e. The largest absolute Gasteiger partial charge is 0.369 e. The van der Waals surface area contributed by atoms with Crippen LogP contribution in [0.1, 0.15) is 24.0 Å². The second-order valence-electron chi connectivity index (χ2n) is 7.99. The number of hydrogen-bond acceptors (Lipinski definition) is 4. The van der Waals surface area contributed by atoms with Crippen molar-refractivity contribution < 1.29 is 9.59 Å². The standard InChI is InChI=1S/C23H28N4O2/c1-18-6-2-3-8-21(18)25-10-5-11-26(13-12-25)23(29)20-14-22(28)27(17-20)16-19-7-4-9-24-15-19/h2-4,6-9,15,20H,5,10-14,16-17H2,1H3. The molecule has 2 saturated heterocycles. The van der Waals surface area contributed by atoms with Crippen molar-refractivity contribution in [3.63, 3.8) is 0 Å².